The highest BCUT2D eigenvalue weighted by atomic mass is 32.1. The summed E-state index contributed by atoms with van der Waals surface area (Å²) >= 11 is 1.62. The van der Waals surface area contributed by atoms with Crippen molar-refractivity contribution < 1.29 is 9.59 Å². The van der Waals surface area contributed by atoms with Crippen molar-refractivity contribution in [2.75, 3.05) is 23.7 Å². The van der Waals surface area contributed by atoms with Crippen LogP contribution in [0.1, 0.15) is 93.1 Å². The van der Waals surface area contributed by atoms with Crippen molar-refractivity contribution in [1.29, 1.82) is 0 Å². The van der Waals surface area contributed by atoms with Gasteiger partial charge in [0.2, 0.25) is 5.91 Å². The van der Waals surface area contributed by atoms with E-state index in [0.29, 0.717) is 24.1 Å². The first-order chi connectivity index (χ1) is 17.2. The maximum absolute atomic E-state index is 13.7. The molecule has 1 aromatic carbocycles. The SMILES string of the molecule is CCc1ccccc1NC(=O)c1c(NC(=O)CN2CCCC[C@H]2CC)sc2c1CC[C@@H](C(C)(C)C)C2. The predicted octanol–water partition coefficient (Wildman–Crippen LogP) is 6.92. The lowest BCUT2D eigenvalue weighted by Gasteiger charge is -2.34. The van der Waals surface area contributed by atoms with E-state index in [4.69, 9.17) is 0 Å². The van der Waals surface area contributed by atoms with E-state index >= 15 is 0 Å². The van der Waals surface area contributed by atoms with Gasteiger partial charge in [0.25, 0.3) is 5.91 Å². The highest BCUT2D eigenvalue weighted by molar-refractivity contribution is 7.17. The first-order valence-corrected chi connectivity index (χ1v) is 14.6. The van der Waals surface area contributed by atoms with Gasteiger partial charge in [-0.05, 0) is 80.0 Å². The van der Waals surface area contributed by atoms with Crippen LogP contribution in [-0.4, -0.2) is 35.8 Å². The third kappa shape index (κ3) is 6.03. The topological polar surface area (TPSA) is 61.4 Å². The molecule has 1 aliphatic heterocycles. The van der Waals surface area contributed by atoms with Crippen molar-refractivity contribution in [2.45, 2.75) is 92.0 Å². The second-order valence-electron chi connectivity index (χ2n) is 11.6. The lowest BCUT2D eigenvalue weighted by atomic mass is 9.72. The Labute approximate surface area is 221 Å². The Morgan fingerprint density at radius 2 is 1.86 bits per heavy atom. The average molecular weight is 510 g/mol. The minimum atomic E-state index is -0.109. The first-order valence-electron chi connectivity index (χ1n) is 13.8. The molecule has 0 saturated carbocycles. The molecule has 2 aliphatic rings. The predicted molar refractivity (Wildman–Crippen MR) is 151 cm³/mol. The van der Waals surface area contributed by atoms with Crippen LogP contribution in [-0.2, 0) is 24.1 Å². The quantitative estimate of drug-likeness (QED) is 0.426. The monoisotopic (exact) mass is 509 g/mol. The largest absolute Gasteiger partial charge is 0.322 e. The number of piperidine rings is 1. The Bertz CT molecular complexity index is 1080. The van der Waals surface area contributed by atoms with Gasteiger partial charge in [-0.2, -0.15) is 0 Å². The fourth-order valence-corrected chi connectivity index (χ4v) is 7.21. The van der Waals surface area contributed by atoms with Gasteiger partial charge in [-0.3, -0.25) is 14.5 Å². The van der Waals surface area contributed by atoms with Gasteiger partial charge >= 0.3 is 0 Å². The van der Waals surface area contributed by atoms with E-state index in [1.807, 2.05) is 18.2 Å². The van der Waals surface area contributed by atoms with Gasteiger partial charge in [-0.25, -0.2) is 0 Å². The molecule has 0 unspecified atom stereocenters. The van der Waals surface area contributed by atoms with Gasteiger partial charge in [0, 0.05) is 16.6 Å². The Hall–Kier alpha value is -2.18. The number of hydrogen-bond donors (Lipinski definition) is 2. The summed E-state index contributed by atoms with van der Waals surface area (Å²) in [6, 6.07) is 8.45. The van der Waals surface area contributed by atoms with Crippen LogP contribution in [0, 0.1) is 11.3 Å². The molecular formula is C30H43N3O2S. The van der Waals surface area contributed by atoms with E-state index in [2.05, 4.69) is 56.2 Å². The van der Waals surface area contributed by atoms with Crippen LogP contribution in [0.15, 0.2) is 24.3 Å². The number of amides is 2. The van der Waals surface area contributed by atoms with Gasteiger partial charge < -0.3 is 10.6 Å². The Kier molecular flexibility index (Phi) is 8.56. The van der Waals surface area contributed by atoms with Crippen molar-refractivity contribution in [1.82, 2.24) is 4.90 Å². The number of likely N-dealkylation sites (tertiary alicyclic amines) is 1. The molecule has 0 spiro atoms. The molecule has 4 rings (SSSR count). The number of para-hydroxylation sites is 1. The van der Waals surface area contributed by atoms with E-state index in [-0.39, 0.29) is 17.2 Å². The van der Waals surface area contributed by atoms with Crippen molar-refractivity contribution in [3.63, 3.8) is 0 Å². The normalized spacial score (nSPS) is 20.6. The van der Waals surface area contributed by atoms with Gasteiger partial charge in [-0.15, -0.1) is 11.3 Å². The van der Waals surface area contributed by atoms with Gasteiger partial charge in [0.05, 0.1) is 12.1 Å². The van der Waals surface area contributed by atoms with Crippen LogP contribution in [0.2, 0.25) is 0 Å². The molecule has 1 fully saturated rings. The molecule has 2 aromatic rings. The maximum atomic E-state index is 13.7. The molecule has 1 aliphatic carbocycles. The third-order valence-corrected chi connectivity index (χ3v) is 9.35. The number of thiophene rings is 1. The molecule has 5 nitrogen and oxygen atoms in total. The van der Waals surface area contributed by atoms with E-state index in [1.165, 1.54) is 11.3 Å². The summed E-state index contributed by atoms with van der Waals surface area (Å²) in [7, 11) is 0. The molecule has 2 heterocycles. The van der Waals surface area contributed by atoms with E-state index in [1.54, 1.807) is 11.3 Å². The summed E-state index contributed by atoms with van der Waals surface area (Å²) in [5.74, 6) is 0.453. The molecule has 196 valence electrons. The third-order valence-electron chi connectivity index (χ3n) is 8.18. The summed E-state index contributed by atoms with van der Waals surface area (Å²) in [5.41, 5.74) is 3.99. The van der Waals surface area contributed by atoms with Crippen molar-refractivity contribution >= 4 is 33.8 Å². The fraction of sp³-hybridized carbons (Fsp3) is 0.600. The number of aryl methyl sites for hydroxylation is 1. The number of hydrogen-bond acceptors (Lipinski definition) is 4. The van der Waals surface area contributed by atoms with Crippen LogP contribution < -0.4 is 10.6 Å². The van der Waals surface area contributed by atoms with Crippen molar-refractivity contribution in [3.8, 4) is 0 Å². The smallest absolute Gasteiger partial charge is 0.258 e. The van der Waals surface area contributed by atoms with Crippen LogP contribution in [0.4, 0.5) is 10.7 Å². The van der Waals surface area contributed by atoms with E-state index in [9.17, 15) is 9.59 Å². The lowest BCUT2D eigenvalue weighted by Crippen LogP contribution is -2.43. The first kappa shape index (κ1) is 26.9. The van der Waals surface area contributed by atoms with E-state index in [0.717, 1.165) is 73.3 Å². The summed E-state index contributed by atoms with van der Waals surface area (Å²) in [6.45, 7) is 12.6. The van der Waals surface area contributed by atoms with Crippen molar-refractivity contribution in [2.24, 2.45) is 11.3 Å². The van der Waals surface area contributed by atoms with Gasteiger partial charge in [0.1, 0.15) is 5.00 Å². The summed E-state index contributed by atoms with van der Waals surface area (Å²) < 4.78 is 0. The number of benzene rings is 1. The van der Waals surface area contributed by atoms with Gasteiger partial charge in [-0.1, -0.05) is 59.2 Å². The summed E-state index contributed by atoms with van der Waals surface area (Å²) in [5, 5.41) is 7.08. The number of anilines is 2. The summed E-state index contributed by atoms with van der Waals surface area (Å²) in [4.78, 5) is 30.5. The minimum absolute atomic E-state index is 0.00988. The van der Waals surface area contributed by atoms with Crippen LogP contribution in [0.5, 0.6) is 0 Å². The molecule has 6 heteroatoms. The highest BCUT2D eigenvalue weighted by Gasteiger charge is 2.34. The van der Waals surface area contributed by atoms with Crippen molar-refractivity contribution in [3.05, 3.63) is 45.8 Å². The lowest BCUT2D eigenvalue weighted by molar-refractivity contribution is -0.118. The highest BCUT2D eigenvalue weighted by Crippen LogP contribution is 2.44. The number of fused-ring (bicyclic) bond motifs is 1. The van der Waals surface area contributed by atoms with Crippen LogP contribution >= 0.6 is 11.3 Å². The number of carbonyl (C=O) groups is 2. The number of carbonyl (C=O) groups excluding carboxylic acids is 2. The average Bonchev–Trinajstić information content (AvgIpc) is 3.21. The zero-order chi connectivity index (χ0) is 25.9. The molecular weight excluding hydrogens is 466 g/mol. The van der Waals surface area contributed by atoms with E-state index < -0.39 is 0 Å². The molecule has 2 N–H and O–H groups in total. The molecule has 1 saturated heterocycles. The number of nitrogens with one attached hydrogen (secondary N) is 2. The zero-order valence-electron chi connectivity index (χ0n) is 22.7. The second kappa shape index (κ2) is 11.5. The van der Waals surface area contributed by atoms with Crippen LogP contribution in [0.3, 0.4) is 0 Å². The molecule has 2 atom stereocenters. The number of rotatable bonds is 7. The van der Waals surface area contributed by atoms with Gasteiger partial charge in [0.15, 0.2) is 0 Å². The number of nitrogens with zero attached hydrogens (tertiary/aromatic N) is 1. The maximum Gasteiger partial charge on any atom is 0.258 e. The summed E-state index contributed by atoms with van der Waals surface area (Å²) in [6.07, 6.45) is 8.39. The molecule has 1 aromatic heterocycles. The zero-order valence-corrected chi connectivity index (χ0v) is 23.5. The Morgan fingerprint density at radius 1 is 1.08 bits per heavy atom. The standard InChI is InChI=1S/C30H43N3O2S/c1-6-20-12-8-9-14-24(20)31-28(35)27-23-16-15-21(30(3,4)5)18-25(23)36-29(27)32-26(34)19-33-17-11-10-13-22(33)7-2/h8-9,12,14,21-22H,6-7,10-11,13,15-19H2,1-5H3,(H,31,35)(H,32,34)/t21-,22-/m1/s1. The molecule has 0 bridgehead atoms. The minimum Gasteiger partial charge on any atom is -0.322 e. The molecule has 36 heavy (non-hydrogen) atoms. The molecule has 0 radical (unpaired) electrons. The fourth-order valence-electron chi connectivity index (χ4n) is 5.87. The van der Waals surface area contributed by atoms with Crippen LogP contribution in [0.25, 0.3) is 0 Å². The molecule has 2 amide bonds. The Morgan fingerprint density at radius 3 is 2.58 bits per heavy atom. The second-order valence-corrected chi connectivity index (χ2v) is 12.7. The Balaban J connectivity index is 1.61.